The third-order valence-electron chi connectivity index (χ3n) is 1.10. The smallest absolute Gasteiger partial charge is 0.274 e. The average Bonchev–Trinajstić information content (AvgIpc) is 1.54. The molecule has 0 saturated carbocycles. The van der Waals surface area contributed by atoms with Gasteiger partial charge in [0.2, 0.25) is 5.91 Å². The van der Waals surface area contributed by atoms with E-state index in [1.54, 1.807) is 6.92 Å². The SMILES string of the molecule is CC1CC(=O)NS(=O)(=O)N1. The summed E-state index contributed by atoms with van der Waals surface area (Å²) in [5, 5.41) is 0. The molecule has 1 fully saturated rings. The lowest BCUT2D eigenvalue weighted by atomic mass is 10.2. The fourth-order valence-electron chi connectivity index (χ4n) is 0.806. The Morgan fingerprint density at radius 2 is 2.20 bits per heavy atom. The number of carbonyl (C=O) groups is 1. The van der Waals surface area contributed by atoms with Crippen LogP contribution in [0, 0.1) is 0 Å². The number of carbonyl (C=O) groups excluding carboxylic acids is 1. The van der Waals surface area contributed by atoms with Crippen molar-refractivity contribution in [3.63, 3.8) is 0 Å². The molecule has 1 aliphatic rings. The highest BCUT2D eigenvalue weighted by Crippen LogP contribution is 1.98. The predicted molar refractivity (Wildman–Crippen MR) is 34.3 cm³/mol. The van der Waals surface area contributed by atoms with Crippen molar-refractivity contribution in [2.24, 2.45) is 0 Å². The van der Waals surface area contributed by atoms with Gasteiger partial charge in [0.1, 0.15) is 0 Å². The molecule has 10 heavy (non-hydrogen) atoms. The van der Waals surface area contributed by atoms with Crippen LogP contribution in [0.15, 0.2) is 0 Å². The maximum absolute atomic E-state index is 10.6. The van der Waals surface area contributed by atoms with E-state index >= 15 is 0 Å². The van der Waals surface area contributed by atoms with E-state index < -0.39 is 16.1 Å². The molecule has 2 N–H and O–H groups in total. The average molecular weight is 164 g/mol. The van der Waals surface area contributed by atoms with E-state index in [2.05, 4.69) is 4.72 Å². The summed E-state index contributed by atoms with van der Waals surface area (Å²) in [6, 6.07) is -0.293. The van der Waals surface area contributed by atoms with E-state index in [0.717, 1.165) is 0 Å². The van der Waals surface area contributed by atoms with Crippen LogP contribution >= 0.6 is 0 Å². The first-order valence-electron chi connectivity index (χ1n) is 2.82. The minimum atomic E-state index is -3.53. The Kier molecular flexibility index (Phi) is 1.65. The molecule has 1 saturated heterocycles. The minimum Gasteiger partial charge on any atom is -0.274 e. The molecule has 58 valence electrons. The molecule has 1 atom stereocenters. The van der Waals surface area contributed by atoms with Crippen molar-refractivity contribution in [3.8, 4) is 0 Å². The van der Waals surface area contributed by atoms with Gasteiger partial charge >= 0.3 is 10.2 Å². The summed E-state index contributed by atoms with van der Waals surface area (Å²) >= 11 is 0. The van der Waals surface area contributed by atoms with E-state index in [1.807, 2.05) is 4.72 Å². The summed E-state index contributed by atoms with van der Waals surface area (Å²) in [4.78, 5) is 10.6. The zero-order valence-electron chi connectivity index (χ0n) is 5.42. The highest BCUT2D eigenvalue weighted by molar-refractivity contribution is 7.88. The predicted octanol–water partition coefficient (Wildman–Crippen LogP) is -1.27. The van der Waals surface area contributed by atoms with Crippen molar-refractivity contribution in [2.75, 3.05) is 0 Å². The van der Waals surface area contributed by atoms with Gasteiger partial charge in [-0.3, -0.25) is 4.79 Å². The zero-order valence-corrected chi connectivity index (χ0v) is 6.23. The molecule has 1 heterocycles. The largest absolute Gasteiger partial charge is 0.301 e. The van der Waals surface area contributed by atoms with Crippen LogP contribution in [-0.4, -0.2) is 20.4 Å². The van der Waals surface area contributed by atoms with Gasteiger partial charge in [-0.1, -0.05) is 0 Å². The van der Waals surface area contributed by atoms with Crippen molar-refractivity contribution in [3.05, 3.63) is 0 Å². The first-order chi connectivity index (χ1) is 4.49. The Bertz CT molecular complexity index is 245. The molecule has 1 amide bonds. The first-order valence-corrected chi connectivity index (χ1v) is 4.31. The summed E-state index contributed by atoms with van der Waals surface area (Å²) in [6.45, 7) is 1.64. The van der Waals surface area contributed by atoms with Crippen molar-refractivity contribution >= 4 is 16.1 Å². The molecule has 0 aromatic rings. The van der Waals surface area contributed by atoms with Crippen LogP contribution < -0.4 is 9.44 Å². The first kappa shape index (κ1) is 7.49. The van der Waals surface area contributed by atoms with Gasteiger partial charge in [-0.25, -0.2) is 4.72 Å². The molecule has 0 aliphatic carbocycles. The summed E-state index contributed by atoms with van der Waals surface area (Å²) in [7, 11) is -3.53. The molecule has 1 aliphatic heterocycles. The molecular formula is C4H8N2O3S. The Morgan fingerprint density at radius 1 is 1.60 bits per heavy atom. The summed E-state index contributed by atoms with van der Waals surface area (Å²) in [5.41, 5.74) is 0. The van der Waals surface area contributed by atoms with Crippen molar-refractivity contribution in [1.82, 2.24) is 9.44 Å². The lowest BCUT2D eigenvalue weighted by Crippen LogP contribution is -2.51. The maximum Gasteiger partial charge on any atom is 0.301 e. The van der Waals surface area contributed by atoms with Gasteiger partial charge in [-0.2, -0.15) is 13.1 Å². The highest BCUT2D eigenvalue weighted by Gasteiger charge is 2.24. The van der Waals surface area contributed by atoms with Gasteiger partial charge < -0.3 is 0 Å². The highest BCUT2D eigenvalue weighted by atomic mass is 32.2. The quantitative estimate of drug-likeness (QED) is 0.468. The monoisotopic (exact) mass is 164 g/mol. The molecule has 5 nitrogen and oxygen atoms in total. The van der Waals surface area contributed by atoms with Crippen LogP contribution in [0.5, 0.6) is 0 Å². The number of rotatable bonds is 0. The summed E-state index contributed by atoms with van der Waals surface area (Å²) in [6.07, 6.45) is 0.208. The number of hydrogen-bond acceptors (Lipinski definition) is 3. The Morgan fingerprint density at radius 3 is 2.60 bits per heavy atom. The number of amides is 1. The van der Waals surface area contributed by atoms with Crippen molar-refractivity contribution in [1.29, 1.82) is 0 Å². The van der Waals surface area contributed by atoms with Gasteiger partial charge in [0.15, 0.2) is 0 Å². The Hall–Kier alpha value is -0.620. The maximum atomic E-state index is 10.6. The van der Waals surface area contributed by atoms with Crippen LogP contribution in [0.3, 0.4) is 0 Å². The molecule has 6 heteroatoms. The standard InChI is InChI=1S/C4H8N2O3S/c1-3-2-4(7)6-10(8,9)5-3/h3,5H,2H2,1H3,(H,6,7). The molecule has 0 spiro atoms. The van der Waals surface area contributed by atoms with Crippen LogP contribution in [0.2, 0.25) is 0 Å². The summed E-state index contributed by atoms with van der Waals surface area (Å²) < 4.78 is 25.3. The van der Waals surface area contributed by atoms with Crippen molar-refractivity contribution < 1.29 is 13.2 Å². The lowest BCUT2D eigenvalue weighted by Gasteiger charge is -2.19. The number of hydrogen-bond donors (Lipinski definition) is 2. The van der Waals surface area contributed by atoms with Crippen molar-refractivity contribution in [2.45, 2.75) is 19.4 Å². The molecule has 0 aromatic carbocycles. The van der Waals surface area contributed by atoms with E-state index in [1.165, 1.54) is 0 Å². The van der Waals surface area contributed by atoms with Crippen LogP contribution in [-0.2, 0) is 15.0 Å². The molecule has 1 rings (SSSR count). The van der Waals surface area contributed by atoms with Crippen LogP contribution in [0.25, 0.3) is 0 Å². The topological polar surface area (TPSA) is 75.3 Å². The summed E-state index contributed by atoms with van der Waals surface area (Å²) in [5.74, 6) is -0.453. The van der Waals surface area contributed by atoms with Gasteiger partial charge in [-0.05, 0) is 6.92 Å². The fourth-order valence-corrected chi connectivity index (χ4v) is 1.86. The van der Waals surface area contributed by atoms with E-state index in [0.29, 0.717) is 0 Å². The molecule has 1 unspecified atom stereocenters. The fraction of sp³-hybridized carbons (Fsp3) is 0.750. The van der Waals surface area contributed by atoms with Crippen LogP contribution in [0.1, 0.15) is 13.3 Å². The van der Waals surface area contributed by atoms with Gasteiger partial charge in [0, 0.05) is 12.5 Å². The zero-order chi connectivity index (χ0) is 7.78. The second-order valence-electron chi connectivity index (χ2n) is 2.25. The molecule has 0 aromatic heterocycles. The normalized spacial score (nSPS) is 31.3. The second-order valence-corrected chi connectivity index (χ2v) is 3.70. The van der Waals surface area contributed by atoms with Gasteiger partial charge in [0.05, 0.1) is 0 Å². The molecule has 0 radical (unpaired) electrons. The van der Waals surface area contributed by atoms with Crippen LogP contribution in [0.4, 0.5) is 0 Å². The molecule has 0 bridgehead atoms. The van der Waals surface area contributed by atoms with Gasteiger partial charge in [-0.15, -0.1) is 0 Å². The third kappa shape index (κ3) is 1.68. The van der Waals surface area contributed by atoms with Gasteiger partial charge in [0.25, 0.3) is 0 Å². The minimum absolute atomic E-state index is 0.208. The lowest BCUT2D eigenvalue weighted by molar-refractivity contribution is -0.120. The second kappa shape index (κ2) is 2.21. The molecular weight excluding hydrogens is 156 g/mol. The van der Waals surface area contributed by atoms with E-state index in [9.17, 15) is 13.2 Å². The Balaban J connectivity index is 2.79. The Labute approximate surface area is 59.0 Å². The van der Waals surface area contributed by atoms with E-state index in [4.69, 9.17) is 0 Å². The number of nitrogens with one attached hydrogen (secondary N) is 2. The third-order valence-corrected chi connectivity index (χ3v) is 2.31. The van der Waals surface area contributed by atoms with E-state index in [-0.39, 0.29) is 12.5 Å².